The smallest absolute Gasteiger partial charge is 0.225 e. The number of benzene rings is 1. The third kappa shape index (κ3) is 4.75. The van der Waals surface area contributed by atoms with E-state index < -0.39 is 0 Å². The fraction of sp³-hybridized carbons (Fsp3) is 0.421. The van der Waals surface area contributed by atoms with E-state index in [1.807, 2.05) is 13.0 Å². The molecule has 0 saturated carbocycles. The lowest BCUT2D eigenvalue weighted by molar-refractivity contribution is -0.122. The fourth-order valence-electron chi connectivity index (χ4n) is 3.23. The Morgan fingerprint density at radius 2 is 2.16 bits per heavy atom. The van der Waals surface area contributed by atoms with Gasteiger partial charge in [-0.1, -0.05) is 19.1 Å². The van der Waals surface area contributed by atoms with Crippen LogP contribution in [0.5, 0.6) is 0 Å². The number of carbonyl (C=O) groups excluding carboxylic acids is 1. The first kappa shape index (κ1) is 17.3. The van der Waals surface area contributed by atoms with Gasteiger partial charge < -0.3 is 10.2 Å². The van der Waals surface area contributed by atoms with Crippen molar-refractivity contribution in [1.82, 2.24) is 15.3 Å². The first-order valence-corrected chi connectivity index (χ1v) is 8.68. The number of hydrogen-bond donors (Lipinski definition) is 1. The Balaban J connectivity index is 1.54. The average molecular weight is 342 g/mol. The first-order chi connectivity index (χ1) is 12.1. The van der Waals surface area contributed by atoms with Crippen LogP contribution in [0.4, 0.5) is 10.3 Å². The van der Waals surface area contributed by atoms with Crippen molar-refractivity contribution in [3.8, 4) is 0 Å². The molecule has 1 aromatic carbocycles. The summed E-state index contributed by atoms with van der Waals surface area (Å²) >= 11 is 0. The van der Waals surface area contributed by atoms with Crippen molar-refractivity contribution < 1.29 is 9.18 Å². The maximum Gasteiger partial charge on any atom is 0.225 e. The van der Waals surface area contributed by atoms with Crippen LogP contribution in [-0.2, 0) is 4.79 Å². The lowest BCUT2D eigenvalue weighted by Crippen LogP contribution is -2.48. The van der Waals surface area contributed by atoms with E-state index in [0.717, 1.165) is 24.9 Å². The molecule has 1 N–H and O–H groups in total. The number of carbonyl (C=O) groups is 1. The molecule has 1 aliphatic rings. The number of piperidine rings is 1. The summed E-state index contributed by atoms with van der Waals surface area (Å²) in [6.45, 7) is 3.56. The number of nitrogens with one attached hydrogen (secondary N) is 1. The number of nitrogens with zero attached hydrogens (tertiary/aromatic N) is 3. The topological polar surface area (TPSA) is 58.1 Å². The summed E-state index contributed by atoms with van der Waals surface area (Å²) in [6.07, 6.45) is 5.74. The molecule has 0 spiro atoms. The van der Waals surface area contributed by atoms with Crippen molar-refractivity contribution >= 4 is 11.9 Å². The minimum atomic E-state index is -0.268. The summed E-state index contributed by atoms with van der Waals surface area (Å²) in [4.78, 5) is 23.0. The van der Waals surface area contributed by atoms with Crippen LogP contribution >= 0.6 is 0 Å². The minimum absolute atomic E-state index is 0.00223. The highest BCUT2D eigenvalue weighted by Gasteiger charge is 2.23. The van der Waals surface area contributed by atoms with Gasteiger partial charge in [0.1, 0.15) is 5.82 Å². The van der Waals surface area contributed by atoms with Gasteiger partial charge in [-0.05, 0) is 42.5 Å². The molecule has 1 saturated heterocycles. The van der Waals surface area contributed by atoms with Gasteiger partial charge in [0, 0.05) is 37.9 Å². The van der Waals surface area contributed by atoms with E-state index in [2.05, 4.69) is 20.2 Å². The Bertz CT molecular complexity index is 710. The summed E-state index contributed by atoms with van der Waals surface area (Å²) in [5.74, 6) is 0.413. The van der Waals surface area contributed by atoms with Crippen LogP contribution in [0.1, 0.15) is 37.7 Å². The molecule has 2 atom stereocenters. The molecule has 3 rings (SSSR count). The molecule has 5 nitrogen and oxygen atoms in total. The average Bonchev–Trinajstić information content (AvgIpc) is 2.62. The number of rotatable bonds is 5. The zero-order valence-corrected chi connectivity index (χ0v) is 14.4. The molecule has 1 amide bonds. The van der Waals surface area contributed by atoms with Crippen molar-refractivity contribution in [2.24, 2.45) is 0 Å². The second-order valence-electron chi connectivity index (χ2n) is 6.56. The van der Waals surface area contributed by atoms with Gasteiger partial charge in [0.05, 0.1) is 0 Å². The Hall–Kier alpha value is -2.50. The molecular formula is C19H23FN4O. The molecule has 1 aliphatic heterocycles. The zero-order valence-electron chi connectivity index (χ0n) is 14.4. The van der Waals surface area contributed by atoms with Crippen LogP contribution in [0.2, 0.25) is 0 Å². The normalized spacial score (nSPS) is 18.6. The summed E-state index contributed by atoms with van der Waals surface area (Å²) in [6, 6.07) is 8.32. The molecule has 2 heterocycles. The molecule has 1 fully saturated rings. The van der Waals surface area contributed by atoms with Gasteiger partial charge in [0.25, 0.3) is 0 Å². The molecule has 0 unspecified atom stereocenters. The predicted molar refractivity (Wildman–Crippen MR) is 94.8 cm³/mol. The molecule has 2 aromatic rings. The third-order valence-corrected chi connectivity index (χ3v) is 4.53. The number of anilines is 1. The molecule has 6 heteroatoms. The van der Waals surface area contributed by atoms with Gasteiger partial charge in [-0.25, -0.2) is 14.4 Å². The van der Waals surface area contributed by atoms with E-state index in [1.165, 1.54) is 12.1 Å². The lowest BCUT2D eigenvalue weighted by Gasteiger charge is -2.33. The van der Waals surface area contributed by atoms with Gasteiger partial charge >= 0.3 is 0 Å². The highest BCUT2D eigenvalue weighted by molar-refractivity contribution is 5.77. The van der Waals surface area contributed by atoms with E-state index in [1.54, 1.807) is 24.5 Å². The van der Waals surface area contributed by atoms with Crippen LogP contribution in [0.25, 0.3) is 0 Å². The Labute approximate surface area is 147 Å². The van der Waals surface area contributed by atoms with E-state index in [9.17, 15) is 9.18 Å². The van der Waals surface area contributed by atoms with Gasteiger partial charge in [-0.3, -0.25) is 4.79 Å². The van der Waals surface area contributed by atoms with Crippen LogP contribution < -0.4 is 10.2 Å². The van der Waals surface area contributed by atoms with Gasteiger partial charge in [-0.2, -0.15) is 0 Å². The molecule has 1 aromatic heterocycles. The Kier molecular flexibility index (Phi) is 5.58. The van der Waals surface area contributed by atoms with Crippen molar-refractivity contribution in [2.75, 3.05) is 18.0 Å². The highest BCUT2D eigenvalue weighted by atomic mass is 19.1. The molecule has 0 radical (unpaired) electrons. The molecular weight excluding hydrogens is 319 g/mol. The van der Waals surface area contributed by atoms with Crippen molar-refractivity contribution in [2.45, 2.75) is 38.1 Å². The molecule has 0 bridgehead atoms. The third-order valence-electron chi connectivity index (χ3n) is 4.53. The Morgan fingerprint density at radius 1 is 1.36 bits per heavy atom. The second kappa shape index (κ2) is 8.05. The standard InChI is InChI=1S/C19H23FN4O/c1-14(15-5-2-6-16(20)12-15)11-18(25)23-17-7-3-10-24(13-17)19-21-8-4-9-22-19/h2,4-6,8-9,12,14,17H,3,7,10-11,13H2,1H3,(H,23,25)/t14-,17-/m0/s1. The number of amides is 1. The van der Waals surface area contributed by atoms with Crippen LogP contribution in [0, 0.1) is 5.82 Å². The second-order valence-corrected chi connectivity index (χ2v) is 6.56. The number of aromatic nitrogens is 2. The van der Waals surface area contributed by atoms with Gasteiger partial charge in [0.15, 0.2) is 0 Å². The van der Waals surface area contributed by atoms with E-state index in [0.29, 0.717) is 18.9 Å². The van der Waals surface area contributed by atoms with Gasteiger partial charge in [0.2, 0.25) is 11.9 Å². The highest BCUT2D eigenvalue weighted by Crippen LogP contribution is 2.20. The van der Waals surface area contributed by atoms with Crippen molar-refractivity contribution in [1.29, 1.82) is 0 Å². The predicted octanol–water partition coefficient (Wildman–Crippen LogP) is 2.89. The van der Waals surface area contributed by atoms with Gasteiger partial charge in [-0.15, -0.1) is 0 Å². The largest absolute Gasteiger partial charge is 0.352 e. The number of hydrogen-bond acceptors (Lipinski definition) is 4. The van der Waals surface area contributed by atoms with Crippen LogP contribution in [0.15, 0.2) is 42.7 Å². The quantitative estimate of drug-likeness (QED) is 0.908. The summed E-state index contributed by atoms with van der Waals surface area (Å²) < 4.78 is 13.3. The fourth-order valence-corrected chi connectivity index (χ4v) is 3.23. The summed E-state index contributed by atoms with van der Waals surface area (Å²) in [7, 11) is 0. The molecule has 0 aliphatic carbocycles. The minimum Gasteiger partial charge on any atom is -0.352 e. The van der Waals surface area contributed by atoms with Crippen molar-refractivity contribution in [3.63, 3.8) is 0 Å². The van der Waals surface area contributed by atoms with E-state index >= 15 is 0 Å². The monoisotopic (exact) mass is 342 g/mol. The molecule has 132 valence electrons. The lowest BCUT2D eigenvalue weighted by atomic mass is 9.97. The first-order valence-electron chi connectivity index (χ1n) is 8.68. The maximum atomic E-state index is 13.3. The SMILES string of the molecule is C[C@@H](CC(=O)N[C@H]1CCCN(c2ncccn2)C1)c1cccc(F)c1. The zero-order chi connectivity index (χ0) is 17.6. The Morgan fingerprint density at radius 3 is 2.92 bits per heavy atom. The summed E-state index contributed by atoms with van der Waals surface area (Å²) in [5.41, 5.74) is 0.845. The van der Waals surface area contributed by atoms with E-state index in [4.69, 9.17) is 0 Å². The van der Waals surface area contributed by atoms with Crippen molar-refractivity contribution in [3.05, 3.63) is 54.1 Å². The molecule has 25 heavy (non-hydrogen) atoms. The maximum absolute atomic E-state index is 13.3. The van der Waals surface area contributed by atoms with Crippen LogP contribution in [-0.4, -0.2) is 35.0 Å². The van der Waals surface area contributed by atoms with E-state index in [-0.39, 0.29) is 23.7 Å². The van der Waals surface area contributed by atoms with Crippen LogP contribution in [0.3, 0.4) is 0 Å². The number of halogens is 1. The summed E-state index contributed by atoms with van der Waals surface area (Å²) in [5, 5.41) is 3.10.